The highest BCUT2D eigenvalue weighted by atomic mass is 16.1. The third-order valence-electron chi connectivity index (χ3n) is 0.894. The van der Waals surface area contributed by atoms with Gasteiger partial charge in [0, 0.05) is 17.8 Å². The van der Waals surface area contributed by atoms with Gasteiger partial charge in [0.25, 0.3) is 5.91 Å². The number of amides is 1. The number of hydrogen-bond donors (Lipinski definition) is 0. The largest absolute Gasteiger partial charge is 0.272 e. The molecule has 0 saturated carbocycles. The van der Waals surface area contributed by atoms with Gasteiger partial charge in [-0.3, -0.25) is 4.79 Å². The van der Waals surface area contributed by atoms with Gasteiger partial charge in [0.2, 0.25) is 0 Å². The van der Waals surface area contributed by atoms with Gasteiger partial charge in [0.05, 0.1) is 0 Å². The Bertz CT molecular complexity index is 167. The lowest BCUT2D eigenvalue weighted by Gasteiger charge is -1.97. The molecule has 0 bridgehead atoms. The molecule has 1 heterocycles. The van der Waals surface area contributed by atoms with Crippen LogP contribution in [0.4, 0.5) is 0 Å². The maximum Gasteiger partial charge on any atom is 0.272 e. The molecule has 0 spiro atoms. The maximum absolute atomic E-state index is 10.5. The van der Waals surface area contributed by atoms with E-state index in [1.165, 1.54) is 6.20 Å². The average molecular weight is 107 g/mol. The summed E-state index contributed by atoms with van der Waals surface area (Å²) in [5.41, 5.74) is 0.646. The van der Waals surface area contributed by atoms with Gasteiger partial charge in [0.15, 0.2) is 0 Å². The standard InChI is InChI=1S/C6H5NO/c1-5-3-2-4-7-6(5)8/h3-4H,1H3. The van der Waals surface area contributed by atoms with Crippen LogP contribution in [-0.4, -0.2) is 5.91 Å². The molecule has 8 heavy (non-hydrogen) atoms. The summed E-state index contributed by atoms with van der Waals surface area (Å²) in [4.78, 5) is 10.5. The summed E-state index contributed by atoms with van der Waals surface area (Å²) < 4.78 is 0. The fourth-order valence-electron chi connectivity index (χ4n) is 0.422. The first-order valence-electron chi connectivity index (χ1n) is 2.30. The summed E-state index contributed by atoms with van der Waals surface area (Å²) in [5.74, 6) is -0.163. The fourth-order valence-corrected chi connectivity index (χ4v) is 0.422. The van der Waals surface area contributed by atoms with Crippen molar-refractivity contribution >= 4 is 5.91 Å². The number of carbonyl (C=O) groups excluding carboxylic acids is 1. The van der Waals surface area contributed by atoms with Crippen molar-refractivity contribution in [1.82, 2.24) is 5.32 Å². The van der Waals surface area contributed by atoms with Crippen molar-refractivity contribution in [2.45, 2.75) is 6.92 Å². The van der Waals surface area contributed by atoms with Gasteiger partial charge in [-0.15, -0.1) is 0 Å². The van der Waals surface area contributed by atoms with Crippen LogP contribution in [0.3, 0.4) is 0 Å². The molecular weight excluding hydrogens is 102 g/mol. The predicted molar refractivity (Wildman–Crippen MR) is 28.7 cm³/mol. The van der Waals surface area contributed by atoms with Gasteiger partial charge in [-0.25, -0.2) is 5.32 Å². The quantitative estimate of drug-likeness (QED) is 0.440. The Morgan fingerprint density at radius 2 is 2.50 bits per heavy atom. The van der Waals surface area contributed by atoms with Crippen LogP contribution in [0.1, 0.15) is 6.92 Å². The first-order valence-corrected chi connectivity index (χ1v) is 2.30. The molecular formula is C6H5NO. The van der Waals surface area contributed by atoms with E-state index in [1.807, 2.05) is 0 Å². The fraction of sp³-hybridized carbons (Fsp3) is 0.167. The van der Waals surface area contributed by atoms with Crippen molar-refractivity contribution in [3.63, 3.8) is 0 Å². The Hall–Kier alpha value is -1.05. The lowest BCUT2D eigenvalue weighted by molar-refractivity contribution is -0.116. The normalized spacial score (nSPS) is 17.6. The number of carbonyl (C=O) groups is 1. The Morgan fingerprint density at radius 1 is 1.75 bits per heavy atom. The van der Waals surface area contributed by atoms with Crippen molar-refractivity contribution in [3.8, 4) is 0 Å². The number of hydrogen-bond acceptors (Lipinski definition) is 1. The molecule has 0 N–H and O–H groups in total. The van der Waals surface area contributed by atoms with E-state index in [4.69, 9.17) is 0 Å². The monoisotopic (exact) mass is 107 g/mol. The third kappa shape index (κ3) is 0.780. The highest BCUT2D eigenvalue weighted by molar-refractivity contribution is 5.94. The smallest absolute Gasteiger partial charge is 0.267 e. The Morgan fingerprint density at radius 3 is 2.88 bits per heavy atom. The van der Waals surface area contributed by atoms with Crippen LogP contribution in [0.15, 0.2) is 17.8 Å². The van der Waals surface area contributed by atoms with Crippen molar-refractivity contribution in [2.75, 3.05) is 0 Å². The zero-order chi connectivity index (χ0) is 5.98. The molecule has 0 saturated heterocycles. The summed E-state index contributed by atoms with van der Waals surface area (Å²) in [7, 11) is 0. The van der Waals surface area contributed by atoms with Crippen LogP contribution in [-0.2, 0) is 4.79 Å². The SMILES string of the molecule is CC1=C[C]=C[N]C1=O. The second kappa shape index (κ2) is 1.82. The Labute approximate surface area is 47.9 Å². The molecule has 1 aliphatic rings. The van der Waals surface area contributed by atoms with E-state index in [0.29, 0.717) is 5.57 Å². The predicted octanol–water partition coefficient (Wildman–Crippen LogP) is 0.394. The van der Waals surface area contributed by atoms with E-state index in [0.717, 1.165) is 0 Å². The zero-order valence-electron chi connectivity index (χ0n) is 4.51. The van der Waals surface area contributed by atoms with Gasteiger partial charge in [-0.1, -0.05) is 0 Å². The van der Waals surface area contributed by atoms with E-state index < -0.39 is 0 Å². The Kier molecular flexibility index (Phi) is 1.16. The van der Waals surface area contributed by atoms with Gasteiger partial charge >= 0.3 is 0 Å². The molecule has 2 heteroatoms. The molecule has 2 radical (unpaired) electrons. The van der Waals surface area contributed by atoms with Gasteiger partial charge in [-0.05, 0) is 13.0 Å². The molecule has 0 atom stereocenters. The van der Waals surface area contributed by atoms with E-state index in [2.05, 4.69) is 11.4 Å². The summed E-state index contributed by atoms with van der Waals surface area (Å²) in [6, 6.07) is 0. The first kappa shape index (κ1) is 5.09. The molecule has 0 aliphatic carbocycles. The van der Waals surface area contributed by atoms with E-state index >= 15 is 0 Å². The summed E-state index contributed by atoms with van der Waals surface area (Å²) in [6.07, 6.45) is 5.68. The topological polar surface area (TPSA) is 31.2 Å². The zero-order valence-corrected chi connectivity index (χ0v) is 4.51. The number of rotatable bonds is 0. The number of nitrogens with zero attached hydrogens (tertiary/aromatic N) is 1. The highest BCUT2D eigenvalue weighted by Gasteiger charge is 2.03. The molecule has 0 fully saturated rings. The molecule has 1 aliphatic heterocycles. The number of allylic oxidation sites excluding steroid dienone is 2. The lowest BCUT2D eigenvalue weighted by atomic mass is 10.2. The van der Waals surface area contributed by atoms with Crippen molar-refractivity contribution in [2.24, 2.45) is 0 Å². The third-order valence-corrected chi connectivity index (χ3v) is 0.894. The maximum atomic E-state index is 10.5. The van der Waals surface area contributed by atoms with Crippen molar-refractivity contribution < 1.29 is 4.79 Å². The molecule has 1 rings (SSSR count). The van der Waals surface area contributed by atoms with E-state index in [-0.39, 0.29) is 5.91 Å². The average Bonchev–Trinajstić information content (AvgIpc) is 1.77. The highest BCUT2D eigenvalue weighted by Crippen LogP contribution is 1.97. The molecule has 1 amide bonds. The van der Waals surface area contributed by atoms with E-state index in [1.54, 1.807) is 13.0 Å². The molecule has 0 aromatic carbocycles. The van der Waals surface area contributed by atoms with Crippen molar-refractivity contribution in [3.05, 3.63) is 23.9 Å². The lowest BCUT2D eigenvalue weighted by Crippen LogP contribution is -2.12. The van der Waals surface area contributed by atoms with Crippen LogP contribution < -0.4 is 5.32 Å². The minimum Gasteiger partial charge on any atom is -0.267 e. The molecule has 0 unspecified atom stereocenters. The van der Waals surface area contributed by atoms with Crippen LogP contribution in [0, 0.1) is 6.08 Å². The van der Waals surface area contributed by atoms with Gasteiger partial charge in [0.1, 0.15) is 0 Å². The van der Waals surface area contributed by atoms with Crippen LogP contribution >= 0.6 is 0 Å². The van der Waals surface area contributed by atoms with Crippen LogP contribution in [0.25, 0.3) is 0 Å². The summed E-state index contributed by atoms with van der Waals surface area (Å²) >= 11 is 0. The molecule has 2 nitrogen and oxygen atoms in total. The molecule has 0 aromatic rings. The Balaban J connectivity index is 2.80. The van der Waals surface area contributed by atoms with Crippen LogP contribution in [0.2, 0.25) is 0 Å². The second-order valence-electron chi connectivity index (χ2n) is 1.56. The molecule has 0 aromatic heterocycles. The summed E-state index contributed by atoms with van der Waals surface area (Å²) in [6.45, 7) is 1.71. The second-order valence-corrected chi connectivity index (χ2v) is 1.56. The minimum atomic E-state index is -0.163. The summed E-state index contributed by atoms with van der Waals surface area (Å²) in [5, 5.41) is 3.47. The van der Waals surface area contributed by atoms with Gasteiger partial charge in [-0.2, -0.15) is 0 Å². The molecule has 40 valence electrons. The van der Waals surface area contributed by atoms with Gasteiger partial charge < -0.3 is 0 Å². The minimum absolute atomic E-state index is 0.163. The van der Waals surface area contributed by atoms with E-state index in [9.17, 15) is 4.79 Å². The van der Waals surface area contributed by atoms with Crippen molar-refractivity contribution in [1.29, 1.82) is 0 Å². The first-order chi connectivity index (χ1) is 3.80. The van der Waals surface area contributed by atoms with Crippen LogP contribution in [0.5, 0.6) is 0 Å².